The molecule has 0 aliphatic rings. The van der Waals surface area contributed by atoms with Crippen molar-refractivity contribution in [3.05, 3.63) is 17.0 Å². The van der Waals surface area contributed by atoms with Gasteiger partial charge in [-0.25, -0.2) is 0 Å². The highest BCUT2D eigenvalue weighted by atomic mass is 35.5. The van der Waals surface area contributed by atoms with Crippen LogP contribution < -0.4 is 0 Å². The van der Waals surface area contributed by atoms with Gasteiger partial charge in [0.25, 0.3) is 0 Å². The highest BCUT2D eigenvalue weighted by Crippen LogP contribution is 2.31. The van der Waals surface area contributed by atoms with Crippen molar-refractivity contribution in [2.75, 3.05) is 6.61 Å². The summed E-state index contributed by atoms with van der Waals surface area (Å²) in [6.07, 6.45) is -2.46. The average Bonchev–Trinajstić information content (AvgIpc) is 2.74. The van der Waals surface area contributed by atoms with Crippen molar-refractivity contribution in [3.8, 4) is 0 Å². The second kappa shape index (κ2) is 7.31. The fourth-order valence-corrected chi connectivity index (χ4v) is 2.45. The molecule has 1 aromatic heterocycles. The first kappa shape index (κ1) is 17.3. The molecule has 0 saturated carbocycles. The molecule has 20 heavy (non-hydrogen) atoms. The molecule has 1 atom stereocenters. The molecule has 0 bridgehead atoms. The predicted molar refractivity (Wildman–Crippen MR) is 71.9 cm³/mol. The van der Waals surface area contributed by atoms with E-state index in [1.807, 2.05) is 20.8 Å². The Morgan fingerprint density at radius 1 is 1.25 bits per heavy atom. The van der Waals surface area contributed by atoms with Crippen LogP contribution in [-0.2, 0) is 24.1 Å². The van der Waals surface area contributed by atoms with Crippen LogP contribution in [-0.4, -0.2) is 22.7 Å². The molecular formula is C13H20ClF3N2O. The maximum Gasteiger partial charge on any atom is 0.522 e. The molecule has 7 heteroatoms. The number of alkyl halides is 4. The van der Waals surface area contributed by atoms with Gasteiger partial charge in [-0.05, 0) is 19.3 Å². The summed E-state index contributed by atoms with van der Waals surface area (Å²) in [6, 6.07) is 0. The van der Waals surface area contributed by atoms with Crippen LogP contribution in [0, 0.1) is 0 Å². The normalized spacial score (nSPS) is 13.8. The standard InChI is InChI=1S/C13H20ClF3N2O/c1-4-9(14)12-10(5-2)18-19(11(12)6-3)7-8-20-13(15,16)17/h9H,4-8H2,1-3H3. The average molecular weight is 313 g/mol. The topological polar surface area (TPSA) is 27.1 Å². The van der Waals surface area contributed by atoms with Crippen LogP contribution >= 0.6 is 11.6 Å². The Balaban J connectivity index is 2.93. The Kier molecular flexibility index (Phi) is 6.33. The molecule has 0 saturated heterocycles. The van der Waals surface area contributed by atoms with Gasteiger partial charge in [0.2, 0.25) is 0 Å². The fourth-order valence-electron chi connectivity index (χ4n) is 2.20. The van der Waals surface area contributed by atoms with Gasteiger partial charge in [0.15, 0.2) is 0 Å². The summed E-state index contributed by atoms with van der Waals surface area (Å²) in [6.45, 7) is 5.50. The molecule has 0 N–H and O–H groups in total. The van der Waals surface area contributed by atoms with Gasteiger partial charge in [-0.15, -0.1) is 24.8 Å². The molecule has 3 nitrogen and oxygen atoms in total. The largest absolute Gasteiger partial charge is 0.522 e. The van der Waals surface area contributed by atoms with Gasteiger partial charge in [-0.3, -0.25) is 9.42 Å². The summed E-state index contributed by atoms with van der Waals surface area (Å²) in [7, 11) is 0. The summed E-state index contributed by atoms with van der Waals surface area (Å²) >= 11 is 6.31. The van der Waals surface area contributed by atoms with Crippen molar-refractivity contribution in [1.82, 2.24) is 9.78 Å². The lowest BCUT2D eigenvalue weighted by Crippen LogP contribution is -2.19. The number of hydrogen-bond acceptors (Lipinski definition) is 2. The van der Waals surface area contributed by atoms with Gasteiger partial charge < -0.3 is 0 Å². The van der Waals surface area contributed by atoms with E-state index in [0.29, 0.717) is 12.8 Å². The molecular weight excluding hydrogens is 293 g/mol. The monoisotopic (exact) mass is 312 g/mol. The smallest absolute Gasteiger partial charge is 0.290 e. The quantitative estimate of drug-likeness (QED) is 0.704. The zero-order valence-electron chi connectivity index (χ0n) is 11.9. The van der Waals surface area contributed by atoms with E-state index in [1.54, 1.807) is 4.68 Å². The lowest BCUT2D eigenvalue weighted by atomic mass is 10.0. The SMILES string of the molecule is CCc1nn(CCOC(F)(F)F)c(CC)c1C(Cl)CC. The third-order valence-corrected chi connectivity index (χ3v) is 3.61. The fraction of sp³-hybridized carbons (Fsp3) is 0.769. The number of aromatic nitrogens is 2. The Hall–Kier alpha value is -0.750. The number of rotatable bonds is 7. The minimum absolute atomic E-state index is 0.0724. The zero-order chi connectivity index (χ0) is 15.3. The summed E-state index contributed by atoms with van der Waals surface area (Å²) in [5.41, 5.74) is 2.72. The van der Waals surface area contributed by atoms with Crippen LogP contribution in [0.15, 0.2) is 0 Å². The highest BCUT2D eigenvalue weighted by Gasteiger charge is 2.29. The van der Waals surface area contributed by atoms with Crippen molar-refractivity contribution in [1.29, 1.82) is 0 Å². The van der Waals surface area contributed by atoms with Crippen molar-refractivity contribution in [3.63, 3.8) is 0 Å². The second-order valence-corrected chi connectivity index (χ2v) is 4.93. The number of ether oxygens (including phenoxy) is 1. The van der Waals surface area contributed by atoms with Crippen molar-refractivity contribution in [2.45, 2.75) is 58.3 Å². The van der Waals surface area contributed by atoms with Crippen LogP contribution in [0.1, 0.15) is 49.5 Å². The summed E-state index contributed by atoms with van der Waals surface area (Å²) in [4.78, 5) is 0. The lowest BCUT2D eigenvalue weighted by Gasteiger charge is -2.12. The predicted octanol–water partition coefficient (Wildman–Crippen LogP) is 4.23. The molecule has 1 heterocycles. The minimum atomic E-state index is -4.60. The number of hydrogen-bond donors (Lipinski definition) is 0. The molecule has 0 amide bonds. The second-order valence-electron chi connectivity index (χ2n) is 4.41. The van der Waals surface area contributed by atoms with Crippen molar-refractivity contribution < 1.29 is 17.9 Å². The Labute approximate surface area is 122 Å². The van der Waals surface area contributed by atoms with Gasteiger partial charge in [0.05, 0.1) is 24.2 Å². The maximum atomic E-state index is 12.0. The van der Waals surface area contributed by atoms with Gasteiger partial charge in [0.1, 0.15) is 0 Å². The van der Waals surface area contributed by atoms with Crippen LogP contribution in [0.25, 0.3) is 0 Å². The Morgan fingerprint density at radius 2 is 1.90 bits per heavy atom. The molecule has 0 fully saturated rings. The van der Waals surface area contributed by atoms with E-state index >= 15 is 0 Å². The van der Waals surface area contributed by atoms with Gasteiger partial charge >= 0.3 is 6.36 Å². The molecule has 0 aliphatic heterocycles. The van der Waals surface area contributed by atoms with E-state index in [4.69, 9.17) is 11.6 Å². The molecule has 116 valence electrons. The van der Waals surface area contributed by atoms with E-state index in [-0.39, 0.29) is 11.9 Å². The number of nitrogens with zero attached hydrogens (tertiary/aromatic N) is 2. The first-order valence-corrected chi connectivity index (χ1v) is 7.20. The van der Waals surface area contributed by atoms with E-state index in [2.05, 4.69) is 9.84 Å². The van der Waals surface area contributed by atoms with Crippen molar-refractivity contribution >= 4 is 11.6 Å². The van der Waals surface area contributed by atoms with E-state index in [9.17, 15) is 13.2 Å². The molecule has 1 aromatic rings. The highest BCUT2D eigenvalue weighted by molar-refractivity contribution is 6.20. The molecule has 1 unspecified atom stereocenters. The molecule has 0 spiro atoms. The third kappa shape index (κ3) is 4.38. The van der Waals surface area contributed by atoms with Crippen LogP contribution in [0.3, 0.4) is 0 Å². The minimum Gasteiger partial charge on any atom is -0.290 e. The maximum absolute atomic E-state index is 12.0. The molecule has 0 aliphatic carbocycles. The van der Waals surface area contributed by atoms with E-state index in [0.717, 1.165) is 23.4 Å². The van der Waals surface area contributed by atoms with E-state index < -0.39 is 13.0 Å². The van der Waals surface area contributed by atoms with Gasteiger partial charge in [0, 0.05) is 11.3 Å². The Morgan fingerprint density at radius 3 is 2.35 bits per heavy atom. The van der Waals surface area contributed by atoms with E-state index in [1.165, 1.54) is 0 Å². The number of halogens is 4. The third-order valence-electron chi connectivity index (χ3n) is 3.09. The van der Waals surface area contributed by atoms with Crippen LogP contribution in [0.2, 0.25) is 0 Å². The number of aryl methyl sites for hydroxylation is 1. The van der Waals surface area contributed by atoms with Gasteiger partial charge in [-0.2, -0.15) is 5.10 Å². The summed E-state index contributed by atoms with van der Waals surface area (Å²) < 4.78 is 41.4. The molecule has 0 aromatic carbocycles. The molecule has 1 rings (SSSR count). The zero-order valence-corrected chi connectivity index (χ0v) is 12.7. The van der Waals surface area contributed by atoms with Crippen LogP contribution in [0.4, 0.5) is 13.2 Å². The molecule has 0 radical (unpaired) electrons. The Bertz CT molecular complexity index is 432. The van der Waals surface area contributed by atoms with Crippen LogP contribution in [0.5, 0.6) is 0 Å². The first-order valence-electron chi connectivity index (χ1n) is 6.77. The lowest BCUT2D eigenvalue weighted by molar-refractivity contribution is -0.325. The first-order chi connectivity index (χ1) is 9.34. The summed E-state index contributed by atoms with van der Waals surface area (Å²) in [5, 5.41) is 4.22. The summed E-state index contributed by atoms with van der Waals surface area (Å²) in [5.74, 6) is 0. The van der Waals surface area contributed by atoms with Crippen molar-refractivity contribution in [2.24, 2.45) is 0 Å². The van der Waals surface area contributed by atoms with Gasteiger partial charge in [-0.1, -0.05) is 20.8 Å².